The van der Waals surface area contributed by atoms with Crippen LogP contribution in [-0.4, -0.2) is 39.6 Å². The van der Waals surface area contributed by atoms with Crippen LogP contribution in [0.2, 0.25) is 0 Å². The quantitative estimate of drug-likeness (QED) is 0.604. The van der Waals surface area contributed by atoms with Crippen molar-refractivity contribution in [1.82, 2.24) is 4.90 Å². The van der Waals surface area contributed by atoms with Gasteiger partial charge in [-0.2, -0.15) is 0 Å². The summed E-state index contributed by atoms with van der Waals surface area (Å²) in [5.74, 6) is 0. The number of quaternary nitrogens is 1. The van der Waals surface area contributed by atoms with Crippen LogP contribution in [0.1, 0.15) is 0 Å². The second-order valence-corrected chi connectivity index (χ2v) is 3.39. The van der Waals surface area contributed by atoms with Crippen molar-refractivity contribution in [1.29, 1.82) is 0 Å². The van der Waals surface area contributed by atoms with Crippen LogP contribution in [0.3, 0.4) is 0 Å². The van der Waals surface area contributed by atoms with Crippen molar-refractivity contribution in [2.75, 3.05) is 34.7 Å². The molecule has 0 aromatic rings. The summed E-state index contributed by atoms with van der Waals surface area (Å²) in [4.78, 5) is 3.29. The lowest BCUT2D eigenvalue weighted by atomic mass is 10.5. The summed E-state index contributed by atoms with van der Waals surface area (Å²) in [6.45, 7) is 0.826. The van der Waals surface area contributed by atoms with E-state index in [-0.39, 0.29) is 0 Å². The maximum atomic E-state index is 5.87. The minimum Gasteiger partial charge on any atom is -0.312 e. The summed E-state index contributed by atoms with van der Waals surface area (Å²) < 4.78 is 0. The van der Waals surface area contributed by atoms with Crippen molar-refractivity contribution in [2.45, 2.75) is 0 Å². The van der Waals surface area contributed by atoms with Crippen molar-refractivity contribution >= 4 is 11.6 Å². The van der Waals surface area contributed by atoms with Crippen LogP contribution in [-0.2, 0) is 0 Å². The van der Waals surface area contributed by atoms with Gasteiger partial charge in [-0.15, -0.1) is 0 Å². The van der Waals surface area contributed by atoms with E-state index >= 15 is 0 Å². The van der Waals surface area contributed by atoms with Crippen LogP contribution in [0.25, 0.3) is 0 Å². The molecule has 0 aliphatic heterocycles. The van der Waals surface area contributed by atoms with Gasteiger partial charge in [-0.1, -0.05) is 11.6 Å². The van der Waals surface area contributed by atoms with Crippen LogP contribution >= 0.6 is 11.6 Å². The fourth-order valence-corrected chi connectivity index (χ4v) is 1.12. The molecule has 0 rings (SSSR count). The summed E-state index contributed by atoms with van der Waals surface area (Å²) >= 11 is 5.87. The number of hydrogen-bond acceptors (Lipinski definition) is 1. The maximum Gasteiger partial charge on any atom is 0.110 e. The van der Waals surface area contributed by atoms with Crippen LogP contribution in [0.15, 0.2) is 11.2 Å². The highest BCUT2D eigenvalue weighted by Crippen LogP contribution is 1.97. The maximum absolute atomic E-state index is 5.87. The van der Waals surface area contributed by atoms with Crippen LogP contribution in [0, 0.1) is 0 Å². The Morgan fingerprint density at radius 2 is 2.00 bits per heavy atom. The lowest BCUT2D eigenvalue weighted by Crippen LogP contribution is -3.00. The molecule has 0 saturated heterocycles. The monoisotopic (exact) mass is 163 g/mol. The van der Waals surface area contributed by atoms with Gasteiger partial charge in [-0.25, -0.2) is 0 Å². The molecule has 0 unspecified atom stereocenters. The third-order valence-electron chi connectivity index (χ3n) is 0.913. The van der Waals surface area contributed by atoms with Crippen LogP contribution < -0.4 is 4.90 Å². The van der Waals surface area contributed by atoms with Gasteiger partial charge in [0.15, 0.2) is 0 Å². The average Bonchev–Trinajstić information content (AvgIpc) is 1.58. The number of halogens is 1. The zero-order valence-corrected chi connectivity index (χ0v) is 7.87. The topological polar surface area (TPSA) is 7.68 Å². The Labute approximate surface area is 68.1 Å². The first-order valence-corrected chi connectivity index (χ1v) is 3.71. The molecule has 0 aliphatic carbocycles. The molecule has 1 N–H and O–H groups in total. The fraction of sp³-hybridized carbons (Fsp3) is 0.714. The zero-order valence-electron chi connectivity index (χ0n) is 7.11. The Kier molecular flexibility index (Phi) is 4.69. The predicted octanol–water partition coefficient (Wildman–Crippen LogP) is -0.227. The second-order valence-electron chi connectivity index (χ2n) is 2.91. The highest BCUT2D eigenvalue weighted by molar-refractivity contribution is 6.29. The lowest BCUT2D eigenvalue weighted by Gasteiger charge is -2.07. The molecule has 0 aliphatic rings. The van der Waals surface area contributed by atoms with Crippen molar-refractivity contribution < 1.29 is 4.90 Å². The predicted molar refractivity (Wildman–Crippen MR) is 45.3 cm³/mol. The van der Waals surface area contributed by atoms with Crippen LogP contribution in [0.4, 0.5) is 0 Å². The number of rotatable bonds is 3. The van der Waals surface area contributed by atoms with Gasteiger partial charge >= 0.3 is 0 Å². The van der Waals surface area contributed by atoms with Crippen LogP contribution in [0.5, 0.6) is 0 Å². The molecule has 0 heterocycles. The van der Waals surface area contributed by atoms with E-state index in [9.17, 15) is 0 Å². The summed E-state index contributed by atoms with van der Waals surface area (Å²) in [6, 6.07) is 0. The molecule has 3 heteroatoms. The normalized spacial score (nSPS) is 13.3. The molecule has 0 amide bonds. The van der Waals surface area contributed by atoms with Gasteiger partial charge in [0, 0.05) is 6.54 Å². The highest BCUT2D eigenvalue weighted by atomic mass is 35.5. The first-order valence-electron chi connectivity index (χ1n) is 3.33. The van der Waals surface area contributed by atoms with E-state index < -0.39 is 0 Å². The standard InChI is InChI=1S/C7H15ClN2/c1-9(2)5-7(8)6-10(3)4/h5H,6H2,1-4H3/p+1/b7-5-. The Morgan fingerprint density at radius 3 is 2.30 bits per heavy atom. The van der Waals surface area contributed by atoms with E-state index in [4.69, 9.17) is 11.6 Å². The molecule has 10 heavy (non-hydrogen) atoms. The largest absolute Gasteiger partial charge is 0.312 e. The van der Waals surface area contributed by atoms with E-state index in [0.29, 0.717) is 0 Å². The first-order chi connectivity index (χ1) is 4.52. The summed E-state index contributed by atoms with van der Waals surface area (Å²) in [5, 5.41) is 0.894. The Hall–Kier alpha value is -0.0500. The minimum atomic E-state index is 0.826. The van der Waals surface area contributed by atoms with Gasteiger partial charge in [0.25, 0.3) is 0 Å². The van der Waals surface area contributed by atoms with E-state index in [1.165, 1.54) is 4.90 Å². The SMILES string of the molecule is CN(C)C/C(Cl)=C/[NH+](C)C. The minimum absolute atomic E-state index is 0.826. The molecule has 0 saturated carbocycles. The zero-order chi connectivity index (χ0) is 8.15. The fourth-order valence-electron chi connectivity index (χ4n) is 0.661. The summed E-state index contributed by atoms with van der Waals surface area (Å²) in [7, 11) is 8.08. The van der Waals surface area contributed by atoms with Crippen molar-refractivity contribution in [3.63, 3.8) is 0 Å². The molecule has 0 fully saturated rings. The molecule has 2 nitrogen and oxygen atoms in total. The molecule has 0 aromatic heterocycles. The molecule has 0 bridgehead atoms. The first kappa shape index (κ1) is 9.95. The third-order valence-corrected chi connectivity index (χ3v) is 1.14. The molecule has 0 spiro atoms. The number of nitrogens with one attached hydrogen (secondary N) is 1. The number of nitrogens with zero attached hydrogens (tertiary/aromatic N) is 1. The van der Waals surface area contributed by atoms with E-state index in [2.05, 4.69) is 0 Å². The van der Waals surface area contributed by atoms with Gasteiger partial charge in [0.1, 0.15) is 6.20 Å². The molecular formula is C7H16ClN2+. The Balaban J connectivity index is 3.71. The number of likely N-dealkylation sites (N-methyl/N-ethyl adjacent to an activating group) is 1. The van der Waals surface area contributed by atoms with Crippen molar-refractivity contribution in [2.24, 2.45) is 0 Å². The van der Waals surface area contributed by atoms with Crippen molar-refractivity contribution in [3.8, 4) is 0 Å². The second kappa shape index (κ2) is 4.72. The third kappa shape index (κ3) is 6.08. The van der Waals surface area contributed by atoms with Gasteiger partial charge in [-0.05, 0) is 14.1 Å². The molecule has 0 radical (unpaired) electrons. The van der Waals surface area contributed by atoms with E-state index in [1.54, 1.807) is 0 Å². The Morgan fingerprint density at radius 1 is 1.50 bits per heavy atom. The van der Waals surface area contributed by atoms with Gasteiger partial charge < -0.3 is 9.80 Å². The van der Waals surface area contributed by atoms with Gasteiger partial charge in [0.2, 0.25) is 0 Å². The van der Waals surface area contributed by atoms with E-state index in [0.717, 1.165) is 11.6 Å². The van der Waals surface area contributed by atoms with Crippen molar-refractivity contribution in [3.05, 3.63) is 11.2 Å². The lowest BCUT2D eigenvalue weighted by molar-refractivity contribution is -0.801. The molecular weight excluding hydrogens is 148 g/mol. The van der Waals surface area contributed by atoms with Gasteiger partial charge in [0.05, 0.1) is 19.1 Å². The van der Waals surface area contributed by atoms with E-state index in [1.807, 2.05) is 39.3 Å². The summed E-state index contributed by atoms with van der Waals surface area (Å²) in [5.41, 5.74) is 0. The molecule has 0 atom stereocenters. The number of hydrogen-bond donors (Lipinski definition) is 1. The Bertz CT molecular complexity index is 119. The average molecular weight is 164 g/mol. The molecule has 0 aromatic carbocycles. The molecule has 60 valence electrons. The highest BCUT2D eigenvalue weighted by Gasteiger charge is 1.96. The summed E-state index contributed by atoms with van der Waals surface area (Å²) in [6.07, 6.45) is 1.99. The van der Waals surface area contributed by atoms with Gasteiger partial charge in [-0.3, -0.25) is 0 Å². The smallest absolute Gasteiger partial charge is 0.110 e.